The highest BCUT2D eigenvalue weighted by atomic mass is 16.5. The van der Waals surface area contributed by atoms with Crippen LogP contribution in [-0.2, 0) is 0 Å². The number of aliphatic hydroxyl groups excluding tert-OH is 1. The van der Waals surface area contributed by atoms with Gasteiger partial charge >= 0.3 is 0 Å². The molecule has 0 bridgehead atoms. The van der Waals surface area contributed by atoms with Gasteiger partial charge in [0.2, 0.25) is 0 Å². The molecule has 2 N–H and O–H groups in total. The lowest BCUT2D eigenvalue weighted by atomic mass is 10.1. The zero-order valence-corrected chi connectivity index (χ0v) is 10.8. The molecule has 0 aromatic heterocycles. The van der Waals surface area contributed by atoms with Crippen molar-refractivity contribution in [1.29, 1.82) is 0 Å². The fraction of sp³-hybridized carbons (Fsp3) is 0.500. The molecule has 2 heterocycles. The number of rotatable bonds is 1. The average Bonchev–Trinajstić information content (AvgIpc) is 2.46. The van der Waals surface area contributed by atoms with Crippen LogP contribution >= 0.6 is 0 Å². The fourth-order valence-corrected chi connectivity index (χ4v) is 2.65. The van der Waals surface area contributed by atoms with Crippen LogP contribution in [-0.4, -0.2) is 48.3 Å². The highest BCUT2D eigenvalue weighted by Gasteiger charge is 2.26. The molecular weight excluding hydrogens is 244 g/mol. The minimum Gasteiger partial charge on any atom is -0.489 e. The number of carbonyl (C=O) groups is 1. The number of para-hydroxylation sites is 1. The highest BCUT2D eigenvalue weighted by molar-refractivity contribution is 5.99. The standard InChI is InChI=1S/C14H18N2O3/c17-10-3-2-7-16(9-10)14(18)11-4-1-5-12-13(11)19-8-6-15-12/h1,4-5,10,15,17H,2-3,6-9H2. The first-order valence-corrected chi connectivity index (χ1v) is 6.73. The molecule has 1 atom stereocenters. The molecule has 1 amide bonds. The Hall–Kier alpha value is -1.75. The molecule has 2 aliphatic rings. The molecule has 102 valence electrons. The molecule has 2 aliphatic heterocycles. The number of likely N-dealkylation sites (tertiary alicyclic amines) is 1. The van der Waals surface area contributed by atoms with Gasteiger partial charge in [0, 0.05) is 19.6 Å². The Morgan fingerprint density at radius 3 is 3.21 bits per heavy atom. The van der Waals surface area contributed by atoms with Gasteiger partial charge in [-0.2, -0.15) is 0 Å². The van der Waals surface area contributed by atoms with Crippen molar-refractivity contribution in [3.05, 3.63) is 23.8 Å². The fourth-order valence-electron chi connectivity index (χ4n) is 2.65. The summed E-state index contributed by atoms with van der Waals surface area (Å²) in [6, 6.07) is 5.56. The summed E-state index contributed by atoms with van der Waals surface area (Å²) in [4.78, 5) is 14.2. The van der Waals surface area contributed by atoms with Gasteiger partial charge in [0.1, 0.15) is 6.61 Å². The maximum absolute atomic E-state index is 12.5. The van der Waals surface area contributed by atoms with Crippen LogP contribution in [0.1, 0.15) is 23.2 Å². The summed E-state index contributed by atoms with van der Waals surface area (Å²) in [5.74, 6) is 0.582. The number of hydrogen-bond acceptors (Lipinski definition) is 4. The normalized spacial score (nSPS) is 22.2. The number of amides is 1. The summed E-state index contributed by atoms with van der Waals surface area (Å²) in [6.45, 7) is 2.44. The lowest BCUT2D eigenvalue weighted by Crippen LogP contribution is -2.42. The van der Waals surface area contributed by atoms with Crippen LogP contribution in [0, 0.1) is 0 Å². The first-order valence-electron chi connectivity index (χ1n) is 6.73. The molecule has 0 aliphatic carbocycles. The number of nitrogens with one attached hydrogen (secondary N) is 1. The minimum absolute atomic E-state index is 0.0562. The quantitative estimate of drug-likeness (QED) is 0.795. The second-order valence-electron chi connectivity index (χ2n) is 5.00. The van der Waals surface area contributed by atoms with Gasteiger partial charge in [0.25, 0.3) is 5.91 Å². The molecule has 5 nitrogen and oxygen atoms in total. The molecule has 1 saturated heterocycles. The van der Waals surface area contributed by atoms with Crippen molar-refractivity contribution >= 4 is 11.6 Å². The Bertz CT molecular complexity index is 490. The largest absolute Gasteiger partial charge is 0.489 e. The van der Waals surface area contributed by atoms with Gasteiger partial charge < -0.3 is 20.1 Å². The molecule has 5 heteroatoms. The molecule has 1 fully saturated rings. The van der Waals surface area contributed by atoms with E-state index in [4.69, 9.17) is 4.74 Å². The third-order valence-corrected chi connectivity index (χ3v) is 3.59. The van der Waals surface area contributed by atoms with E-state index in [-0.39, 0.29) is 5.91 Å². The van der Waals surface area contributed by atoms with E-state index in [2.05, 4.69) is 5.32 Å². The van der Waals surface area contributed by atoms with Crippen molar-refractivity contribution in [2.45, 2.75) is 18.9 Å². The summed E-state index contributed by atoms with van der Waals surface area (Å²) in [6.07, 6.45) is 1.21. The monoisotopic (exact) mass is 262 g/mol. The Balaban J connectivity index is 1.87. The summed E-state index contributed by atoms with van der Waals surface area (Å²) >= 11 is 0. The number of fused-ring (bicyclic) bond motifs is 1. The van der Waals surface area contributed by atoms with Crippen LogP contribution in [0.25, 0.3) is 0 Å². The van der Waals surface area contributed by atoms with Crippen molar-refractivity contribution in [1.82, 2.24) is 4.90 Å². The van der Waals surface area contributed by atoms with Crippen LogP contribution in [0.15, 0.2) is 18.2 Å². The van der Waals surface area contributed by atoms with Gasteiger partial charge in [0.05, 0.1) is 17.4 Å². The first kappa shape index (κ1) is 12.3. The zero-order chi connectivity index (χ0) is 13.2. The Morgan fingerprint density at radius 1 is 1.47 bits per heavy atom. The second kappa shape index (κ2) is 5.09. The lowest BCUT2D eigenvalue weighted by molar-refractivity contribution is 0.0470. The lowest BCUT2D eigenvalue weighted by Gasteiger charge is -2.31. The number of piperidine rings is 1. The number of benzene rings is 1. The molecule has 1 aromatic carbocycles. The molecule has 3 rings (SSSR count). The summed E-state index contributed by atoms with van der Waals surface area (Å²) in [5, 5.41) is 12.9. The van der Waals surface area contributed by atoms with Crippen LogP contribution < -0.4 is 10.1 Å². The number of anilines is 1. The number of nitrogens with zero attached hydrogens (tertiary/aromatic N) is 1. The molecule has 0 spiro atoms. The van der Waals surface area contributed by atoms with Gasteiger partial charge in [-0.1, -0.05) is 6.07 Å². The van der Waals surface area contributed by atoms with Gasteiger partial charge in [-0.15, -0.1) is 0 Å². The number of carbonyl (C=O) groups excluding carboxylic acids is 1. The van der Waals surface area contributed by atoms with Crippen LogP contribution in [0.3, 0.4) is 0 Å². The molecular formula is C14H18N2O3. The zero-order valence-electron chi connectivity index (χ0n) is 10.8. The second-order valence-corrected chi connectivity index (χ2v) is 5.00. The van der Waals surface area contributed by atoms with Crippen LogP contribution in [0.4, 0.5) is 5.69 Å². The molecule has 19 heavy (non-hydrogen) atoms. The average molecular weight is 262 g/mol. The number of ether oxygens (including phenoxy) is 1. The molecule has 1 unspecified atom stereocenters. The third kappa shape index (κ3) is 2.38. The van der Waals surface area contributed by atoms with E-state index in [0.717, 1.165) is 25.1 Å². The highest BCUT2D eigenvalue weighted by Crippen LogP contribution is 2.32. The smallest absolute Gasteiger partial charge is 0.257 e. The predicted octanol–water partition coefficient (Wildman–Crippen LogP) is 1.09. The SMILES string of the molecule is O=C(c1cccc2c1OCCN2)N1CCCC(O)C1. The summed E-state index contributed by atoms with van der Waals surface area (Å²) in [5.41, 5.74) is 1.45. The van der Waals surface area contributed by atoms with Crippen molar-refractivity contribution < 1.29 is 14.6 Å². The van der Waals surface area contributed by atoms with Crippen molar-refractivity contribution in [2.24, 2.45) is 0 Å². The van der Waals surface area contributed by atoms with Gasteiger partial charge in [-0.3, -0.25) is 4.79 Å². The first-order chi connectivity index (χ1) is 9.25. The Kier molecular flexibility index (Phi) is 3.29. The van der Waals surface area contributed by atoms with Crippen molar-refractivity contribution in [3.63, 3.8) is 0 Å². The summed E-state index contributed by atoms with van der Waals surface area (Å²) < 4.78 is 5.62. The maximum atomic E-state index is 12.5. The van der Waals surface area contributed by atoms with Crippen molar-refractivity contribution in [3.8, 4) is 5.75 Å². The molecule has 0 saturated carbocycles. The molecule has 1 aromatic rings. The van der Waals surface area contributed by atoms with Gasteiger partial charge in [-0.05, 0) is 25.0 Å². The number of hydrogen-bond donors (Lipinski definition) is 2. The van der Waals surface area contributed by atoms with E-state index in [9.17, 15) is 9.90 Å². The summed E-state index contributed by atoms with van der Waals surface area (Å²) in [7, 11) is 0. The van der Waals surface area contributed by atoms with E-state index >= 15 is 0 Å². The number of aliphatic hydroxyl groups is 1. The maximum Gasteiger partial charge on any atom is 0.257 e. The van der Waals surface area contributed by atoms with Crippen molar-refractivity contribution in [2.75, 3.05) is 31.6 Å². The van der Waals surface area contributed by atoms with Gasteiger partial charge in [-0.25, -0.2) is 0 Å². The third-order valence-electron chi connectivity index (χ3n) is 3.59. The van der Waals surface area contributed by atoms with E-state index in [1.807, 2.05) is 12.1 Å². The Morgan fingerprint density at radius 2 is 2.37 bits per heavy atom. The van der Waals surface area contributed by atoms with E-state index in [1.165, 1.54) is 0 Å². The predicted molar refractivity (Wildman–Crippen MR) is 71.6 cm³/mol. The van der Waals surface area contributed by atoms with Gasteiger partial charge in [0.15, 0.2) is 5.75 Å². The number of β-amino-alcohol motifs (C(OH)–C–C–N with tert-alkyl or cyclic N) is 1. The van der Waals surface area contributed by atoms with E-state index in [0.29, 0.717) is 31.0 Å². The Labute approximate surface area is 112 Å². The van der Waals surface area contributed by atoms with E-state index < -0.39 is 6.10 Å². The van der Waals surface area contributed by atoms with E-state index in [1.54, 1.807) is 11.0 Å². The topological polar surface area (TPSA) is 61.8 Å². The molecule has 0 radical (unpaired) electrons. The van der Waals surface area contributed by atoms with Crippen LogP contribution in [0.5, 0.6) is 5.75 Å². The minimum atomic E-state index is -0.406. The van der Waals surface area contributed by atoms with Crippen LogP contribution in [0.2, 0.25) is 0 Å².